The number of benzene rings is 2. The number of aryl methyl sites for hydroxylation is 1. The van der Waals surface area contributed by atoms with Crippen molar-refractivity contribution in [2.24, 2.45) is 10.8 Å². The second-order valence-corrected chi connectivity index (χ2v) is 31.0. The van der Waals surface area contributed by atoms with Crippen LogP contribution in [0.5, 0.6) is 0 Å². The molecule has 19 nitrogen and oxygen atoms in total. The first-order chi connectivity index (χ1) is 41.1. The molecule has 0 saturated carbocycles. The molecular formula is C70H110F2N4O15. The van der Waals surface area contributed by atoms with Crippen molar-refractivity contribution in [3.63, 3.8) is 0 Å². The largest absolute Gasteiger partial charge is 0.479 e. The molecule has 0 spiro atoms. The first-order valence-corrected chi connectivity index (χ1v) is 31.5. The summed E-state index contributed by atoms with van der Waals surface area (Å²) in [5, 5.41) is 9.60. The van der Waals surface area contributed by atoms with E-state index in [9.17, 15) is 43.5 Å². The van der Waals surface area contributed by atoms with Gasteiger partial charge in [0.15, 0.2) is 24.4 Å². The normalized spacial score (nSPS) is 15.2. The van der Waals surface area contributed by atoms with E-state index in [0.717, 1.165) is 36.3 Å². The van der Waals surface area contributed by atoms with Crippen molar-refractivity contribution in [2.45, 2.75) is 280 Å². The molecule has 21 heteroatoms. The van der Waals surface area contributed by atoms with Gasteiger partial charge in [-0.15, -0.1) is 0 Å². The van der Waals surface area contributed by atoms with Crippen LogP contribution in [0, 0.1) is 10.8 Å². The van der Waals surface area contributed by atoms with E-state index >= 15 is 13.6 Å². The fraction of sp³-hybridized carbons (Fsp3) is 0.700. The first kappa shape index (κ1) is 80.4. The Morgan fingerprint density at radius 2 is 0.780 bits per heavy atom. The van der Waals surface area contributed by atoms with Gasteiger partial charge in [-0.25, -0.2) is 37.5 Å². The molecule has 0 aliphatic rings. The van der Waals surface area contributed by atoms with Crippen LogP contribution < -0.4 is 0 Å². The lowest BCUT2D eigenvalue weighted by Crippen LogP contribution is -2.54. The van der Waals surface area contributed by atoms with Crippen molar-refractivity contribution in [2.75, 3.05) is 28.2 Å². The van der Waals surface area contributed by atoms with Crippen molar-refractivity contribution in [3.8, 4) is 0 Å². The fourth-order valence-electron chi connectivity index (χ4n) is 9.70. The summed E-state index contributed by atoms with van der Waals surface area (Å²) in [5.41, 5.74) is -3.07. The highest BCUT2D eigenvalue weighted by atomic mass is 19.1. The molecule has 0 aromatic heterocycles. The quantitative estimate of drug-likeness (QED) is 0.0589. The summed E-state index contributed by atoms with van der Waals surface area (Å²) in [6, 6.07) is 8.77. The average Bonchev–Trinajstić information content (AvgIpc) is 0.886. The number of likely N-dealkylation sites (N-methyl/N-ethyl adjacent to an activating group) is 4. The molecule has 8 atom stereocenters. The summed E-state index contributed by atoms with van der Waals surface area (Å²) in [4.78, 5) is 131. The molecule has 91 heavy (non-hydrogen) atoms. The van der Waals surface area contributed by atoms with Crippen molar-refractivity contribution in [3.05, 3.63) is 70.8 Å². The molecule has 514 valence electrons. The zero-order chi connectivity index (χ0) is 70.5. The third-order valence-corrected chi connectivity index (χ3v) is 15.5. The number of alkyl halides is 2. The topological polar surface area (TPSA) is 233 Å². The summed E-state index contributed by atoms with van der Waals surface area (Å²) in [6.07, 6.45) is -8.25. The summed E-state index contributed by atoms with van der Waals surface area (Å²) in [5.74, 6) is -8.56. The number of ether oxygens (including phenoxy) is 5. The van der Waals surface area contributed by atoms with E-state index in [1.165, 1.54) is 69.7 Å². The van der Waals surface area contributed by atoms with Crippen molar-refractivity contribution in [1.82, 2.24) is 19.6 Å². The minimum atomic E-state index is -2.16. The number of carbonyl (C=O) groups is 9. The van der Waals surface area contributed by atoms with Crippen molar-refractivity contribution >= 4 is 53.7 Å². The zero-order valence-electron chi connectivity index (χ0n) is 59.3. The summed E-state index contributed by atoms with van der Waals surface area (Å²) >= 11 is 0. The highest BCUT2D eigenvalue weighted by molar-refractivity contribution is 5.93. The minimum absolute atomic E-state index is 0.0299. The van der Waals surface area contributed by atoms with Crippen LogP contribution in [0.4, 0.5) is 13.6 Å². The molecule has 2 rings (SSSR count). The van der Waals surface area contributed by atoms with E-state index in [1.807, 2.05) is 98.7 Å². The minimum Gasteiger partial charge on any atom is -0.479 e. The van der Waals surface area contributed by atoms with E-state index in [2.05, 4.69) is 20.8 Å². The lowest BCUT2D eigenvalue weighted by Gasteiger charge is -2.35. The number of aliphatic carboxylic acids is 1. The number of nitrogens with zero attached hydrogens (tertiary/aromatic N) is 4. The molecule has 1 N–H and O–H groups in total. The lowest BCUT2D eigenvalue weighted by atomic mass is 9.86. The number of amides is 4. The van der Waals surface area contributed by atoms with Crippen LogP contribution in [0.2, 0.25) is 0 Å². The second-order valence-electron chi connectivity index (χ2n) is 31.0. The van der Waals surface area contributed by atoms with E-state index in [-0.39, 0.29) is 48.3 Å². The van der Waals surface area contributed by atoms with Gasteiger partial charge in [-0.1, -0.05) is 132 Å². The Bertz CT molecular complexity index is 2790. The summed E-state index contributed by atoms with van der Waals surface area (Å²) < 4.78 is 60.4. The molecule has 0 bridgehead atoms. The van der Waals surface area contributed by atoms with Crippen LogP contribution in [0.25, 0.3) is 0 Å². The highest BCUT2D eigenvalue weighted by Crippen LogP contribution is 2.31. The Hall–Kier alpha value is -6.67. The summed E-state index contributed by atoms with van der Waals surface area (Å²) in [7, 11) is 5.07. The van der Waals surface area contributed by atoms with Gasteiger partial charge in [-0.2, -0.15) is 0 Å². The molecule has 4 amide bonds. The number of halogens is 2. The molecule has 2 aromatic rings. The Balaban J connectivity index is 2.74. The fourth-order valence-corrected chi connectivity index (χ4v) is 9.70. The van der Waals surface area contributed by atoms with Crippen molar-refractivity contribution in [1.29, 1.82) is 0 Å². The average molecular weight is 1290 g/mol. The Labute approximate surface area is 541 Å². The maximum Gasteiger partial charge on any atom is 0.410 e. The zero-order valence-corrected chi connectivity index (χ0v) is 59.3. The van der Waals surface area contributed by atoms with Crippen LogP contribution in [-0.2, 0) is 85.7 Å². The van der Waals surface area contributed by atoms with Crippen molar-refractivity contribution < 1.29 is 80.7 Å². The summed E-state index contributed by atoms with van der Waals surface area (Å²) in [6.45, 7) is 35.8. The Morgan fingerprint density at radius 1 is 0.440 bits per heavy atom. The van der Waals surface area contributed by atoms with Crippen LogP contribution in [0.15, 0.2) is 48.5 Å². The number of hydrogen-bond acceptors (Lipinski definition) is 14. The van der Waals surface area contributed by atoms with Gasteiger partial charge >= 0.3 is 35.9 Å². The third-order valence-electron chi connectivity index (χ3n) is 15.5. The molecule has 0 aliphatic heterocycles. The number of esters is 4. The Morgan fingerprint density at radius 3 is 1.14 bits per heavy atom. The molecular weight excluding hydrogens is 1170 g/mol. The van der Waals surface area contributed by atoms with Gasteiger partial charge in [0, 0.05) is 47.5 Å². The molecule has 2 aromatic carbocycles. The van der Waals surface area contributed by atoms with Gasteiger partial charge in [-0.05, 0) is 145 Å². The predicted octanol–water partition coefficient (Wildman–Crippen LogP) is 11.9. The van der Waals surface area contributed by atoms with Gasteiger partial charge in [0.25, 0.3) is 17.7 Å². The third kappa shape index (κ3) is 27.6. The number of carbonyl (C=O) groups excluding carboxylic acids is 8. The standard InChI is InChI=1S/C70H110F2N4O15/c1-43(55(77)75(24)51(41-69(18,19)71)61(84)90-54(40-46-28-33-48(34-29-46)67(12,13)14)57(79)74(23)50(37-39-65(6,7)8)60(83)88-44(2)58(80)81)87-59(82)49(36-38-64(3,4)5)73(22)56(78)53(35-30-45-26-31-47(32-27-45)66(9,10)11)89-62(85)52(42-70(20,21)72)76(25)63(86)91-68(15,16)17/h26-29,31-34,43-44,49-54H,30,35-42H2,1-25H3,(H,80,81)/t43-,44-,49+,50+,51+,52+,53-,54-/m1/s1. The monoisotopic (exact) mass is 1280 g/mol. The smallest absolute Gasteiger partial charge is 0.410 e. The Kier molecular flexibility index (Phi) is 28.5. The number of carboxylic acids is 1. The number of hydrogen-bond donors (Lipinski definition) is 1. The maximum absolute atomic E-state index is 16.0. The molecule has 0 radical (unpaired) electrons. The van der Waals surface area contributed by atoms with Crippen LogP contribution >= 0.6 is 0 Å². The van der Waals surface area contributed by atoms with E-state index < -0.39 is 137 Å². The van der Waals surface area contributed by atoms with Crippen LogP contribution in [-0.4, -0.2) is 172 Å². The van der Waals surface area contributed by atoms with Gasteiger partial charge in [-0.3, -0.25) is 19.3 Å². The molecule has 0 aliphatic carbocycles. The van der Waals surface area contributed by atoms with Gasteiger partial charge < -0.3 is 43.5 Å². The maximum atomic E-state index is 16.0. The van der Waals surface area contributed by atoms with Crippen LogP contribution in [0.3, 0.4) is 0 Å². The molecule has 0 heterocycles. The molecule has 0 fully saturated rings. The number of carboxylic acid groups (broad SMARTS) is 1. The second kappa shape index (κ2) is 32.3. The van der Waals surface area contributed by atoms with E-state index in [0.29, 0.717) is 18.4 Å². The molecule has 0 unspecified atom stereocenters. The van der Waals surface area contributed by atoms with E-state index in [4.69, 9.17) is 23.7 Å². The predicted molar refractivity (Wildman–Crippen MR) is 345 cm³/mol. The highest BCUT2D eigenvalue weighted by Gasteiger charge is 2.44. The lowest BCUT2D eigenvalue weighted by molar-refractivity contribution is -0.175. The van der Waals surface area contributed by atoms with Gasteiger partial charge in [0.2, 0.25) is 0 Å². The molecule has 0 saturated heterocycles. The van der Waals surface area contributed by atoms with Gasteiger partial charge in [0.05, 0.1) is 0 Å². The first-order valence-electron chi connectivity index (χ1n) is 31.5. The van der Waals surface area contributed by atoms with E-state index in [1.54, 1.807) is 32.9 Å². The number of rotatable bonds is 29. The van der Waals surface area contributed by atoms with Gasteiger partial charge in [0.1, 0.15) is 41.1 Å². The van der Waals surface area contributed by atoms with Crippen LogP contribution in [0.1, 0.15) is 213 Å². The SMILES string of the molecule is C[C@@H](OC(=O)[C@H](CCC(C)(C)C)N(C)C(=O)[C@@H](Cc1ccc(C(C)(C)C)cc1)OC(=O)[C@H](CC(C)(C)F)N(C)C(=O)[C@@H](C)OC(=O)[C@H](CCC(C)(C)C)N(C)C(=O)[C@@H](CCc1ccc(C(C)(C)C)cc1)OC(=O)[C@H](CC(C)(C)F)N(C)C(=O)OC(C)(C)C)C(=O)O.